The van der Waals surface area contributed by atoms with Gasteiger partial charge in [-0.15, -0.1) is 0 Å². The zero-order chi connectivity index (χ0) is 18.1. The standard InChI is InChI=1S/C21H21ClN2O2/c22-16-7-5-14(6-8-16)18-12-24(20(13-25)21(18)26)11-15-9-10-23-19-4-2-1-3-17(15)19/h1-10,18,20-21,25-26H,11-13H2/t18-,20-,21-/m1/s1. The van der Waals surface area contributed by atoms with E-state index in [2.05, 4.69) is 16.0 Å². The fraction of sp³-hybridized carbons (Fsp3) is 0.286. The van der Waals surface area contributed by atoms with Crippen molar-refractivity contribution in [2.75, 3.05) is 13.2 Å². The molecule has 26 heavy (non-hydrogen) atoms. The summed E-state index contributed by atoms with van der Waals surface area (Å²) in [5, 5.41) is 22.4. The second-order valence-electron chi connectivity index (χ2n) is 6.82. The highest BCUT2D eigenvalue weighted by atomic mass is 35.5. The number of likely N-dealkylation sites (tertiary alicyclic amines) is 1. The third-order valence-corrected chi connectivity index (χ3v) is 5.56. The Morgan fingerprint density at radius 3 is 2.62 bits per heavy atom. The molecule has 4 rings (SSSR count). The first-order valence-corrected chi connectivity index (χ1v) is 9.16. The number of pyridine rings is 1. The Balaban J connectivity index is 1.62. The molecule has 0 radical (unpaired) electrons. The van der Waals surface area contributed by atoms with E-state index in [1.165, 1.54) is 0 Å². The zero-order valence-electron chi connectivity index (χ0n) is 14.3. The number of hydrogen-bond acceptors (Lipinski definition) is 4. The van der Waals surface area contributed by atoms with Crippen LogP contribution in [0.3, 0.4) is 0 Å². The fourth-order valence-corrected chi connectivity index (χ4v) is 4.04. The van der Waals surface area contributed by atoms with Crippen LogP contribution < -0.4 is 0 Å². The van der Waals surface area contributed by atoms with Crippen LogP contribution in [0.2, 0.25) is 5.02 Å². The lowest BCUT2D eigenvalue weighted by molar-refractivity contribution is 0.0642. The molecule has 134 valence electrons. The van der Waals surface area contributed by atoms with Gasteiger partial charge < -0.3 is 10.2 Å². The van der Waals surface area contributed by atoms with E-state index in [9.17, 15) is 10.2 Å². The van der Waals surface area contributed by atoms with Crippen LogP contribution in [0.1, 0.15) is 17.0 Å². The van der Waals surface area contributed by atoms with Gasteiger partial charge in [-0.1, -0.05) is 41.9 Å². The first kappa shape index (κ1) is 17.4. The maximum Gasteiger partial charge on any atom is 0.0798 e. The summed E-state index contributed by atoms with van der Waals surface area (Å²) in [7, 11) is 0. The SMILES string of the molecule is OC[C@@H]1[C@H](O)[C@@H](c2ccc(Cl)cc2)CN1Cc1ccnc2ccccc12. The van der Waals surface area contributed by atoms with Gasteiger partial charge >= 0.3 is 0 Å². The number of halogens is 1. The highest BCUT2D eigenvalue weighted by Crippen LogP contribution is 2.34. The summed E-state index contributed by atoms with van der Waals surface area (Å²) in [6, 6.07) is 17.4. The van der Waals surface area contributed by atoms with Crippen molar-refractivity contribution in [3.63, 3.8) is 0 Å². The summed E-state index contributed by atoms with van der Waals surface area (Å²) in [5.74, 6) is -0.0440. The Bertz CT molecular complexity index is 895. The summed E-state index contributed by atoms with van der Waals surface area (Å²) in [5.41, 5.74) is 3.15. The molecule has 3 aromatic rings. The molecule has 1 saturated heterocycles. The molecule has 2 aromatic carbocycles. The van der Waals surface area contributed by atoms with Gasteiger partial charge in [-0.25, -0.2) is 0 Å². The Morgan fingerprint density at radius 2 is 1.85 bits per heavy atom. The fourth-order valence-electron chi connectivity index (χ4n) is 3.91. The van der Waals surface area contributed by atoms with Gasteiger partial charge in [-0.3, -0.25) is 9.88 Å². The highest BCUT2D eigenvalue weighted by Gasteiger charge is 2.40. The Hall–Kier alpha value is -1.98. The van der Waals surface area contributed by atoms with E-state index in [1.807, 2.05) is 54.7 Å². The predicted molar refractivity (Wildman–Crippen MR) is 103 cm³/mol. The van der Waals surface area contributed by atoms with Crippen LogP contribution in [-0.4, -0.2) is 45.4 Å². The van der Waals surface area contributed by atoms with E-state index in [1.54, 1.807) is 0 Å². The van der Waals surface area contributed by atoms with Crippen molar-refractivity contribution < 1.29 is 10.2 Å². The Morgan fingerprint density at radius 1 is 1.08 bits per heavy atom. The Labute approximate surface area is 157 Å². The van der Waals surface area contributed by atoms with Gasteiger partial charge in [0.05, 0.1) is 24.3 Å². The molecule has 0 unspecified atom stereocenters. The van der Waals surface area contributed by atoms with Gasteiger partial charge in [0.15, 0.2) is 0 Å². The number of aromatic nitrogens is 1. The van der Waals surface area contributed by atoms with Crippen molar-refractivity contribution >= 4 is 22.5 Å². The normalized spacial score (nSPS) is 23.6. The summed E-state index contributed by atoms with van der Waals surface area (Å²) >= 11 is 5.98. The third kappa shape index (κ3) is 3.21. The molecule has 2 N–H and O–H groups in total. The minimum Gasteiger partial charge on any atom is -0.395 e. The molecule has 5 heteroatoms. The quantitative estimate of drug-likeness (QED) is 0.742. The van der Waals surface area contributed by atoms with Gasteiger partial charge in [-0.05, 0) is 35.4 Å². The van der Waals surface area contributed by atoms with E-state index < -0.39 is 6.10 Å². The van der Waals surface area contributed by atoms with Crippen LogP contribution in [0.5, 0.6) is 0 Å². The second-order valence-corrected chi connectivity index (χ2v) is 7.25. The van der Waals surface area contributed by atoms with Crippen molar-refractivity contribution in [3.05, 3.63) is 76.9 Å². The van der Waals surface area contributed by atoms with Crippen LogP contribution in [0.4, 0.5) is 0 Å². The largest absolute Gasteiger partial charge is 0.395 e. The molecular formula is C21H21ClN2O2. The van der Waals surface area contributed by atoms with Gasteiger partial charge in [0.25, 0.3) is 0 Å². The lowest BCUT2D eigenvalue weighted by atomic mass is 9.94. The van der Waals surface area contributed by atoms with Crippen molar-refractivity contribution in [1.82, 2.24) is 9.88 Å². The minimum atomic E-state index is -0.616. The predicted octanol–water partition coefficient (Wildman–Crippen LogP) is 3.21. The lowest BCUT2D eigenvalue weighted by Gasteiger charge is -2.24. The van der Waals surface area contributed by atoms with Crippen LogP contribution >= 0.6 is 11.6 Å². The molecule has 0 spiro atoms. The van der Waals surface area contributed by atoms with Crippen LogP contribution in [-0.2, 0) is 6.54 Å². The molecule has 1 aliphatic rings. The topological polar surface area (TPSA) is 56.6 Å². The number of aliphatic hydroxyl groups is 2. The first-order valence-electron chi connectivity index (χ1n) is 8.78. The van der Waals surface area contributed by atoms with Gasteiger partial charge in [0.2, 0.25) is 0 Å². The average molecular weight is 369 g/mol. The smallest absolute Gasteiger partial charge is 0.0798 e. The molecule has 1 aliphatic heterocycles. The molecule has 2 heterocycles. The van der Waals surface area contributed by atoms with Crippen molar-refractivity contribution in [2.45, 2.75) is 24.6 Å². The summed E-state index contributed by atoms with van der Waals surface area (Å²) in [6.07, 6.45) is 1.20. The van der Waals surface area contributed by atoms with Crippen molar-refractivity contribution in [1.29, 1.82) is 0 Å². The van der Waals surface area contributed by atoms with E-state index >= 15 is 0 Å². The number of benzene rings is 2. The molecule has 0 amide bonds. The molecule has 1 fully saturated rings. The Kier molecular flexibility index (Phi) is 4.92. The number of hydrogen-bond donors (Lipinski definition) is 2. The van der Waals surface area contributed by atoms with Crippen molar-refractivity contribution in [2.24, 2.45) is 0 Å². The highest BCUT2D eigenvalue weighted by molar-refractivity contribution is 6.30. The molecule has 3 atom stereocenters. The number of fused-ring (bicyclic) bond motifs is 1. The molecule has 1 aromatic heterocycles. The van der Waals surface area contributed by atoms with Gasteiger partial charge in [-0.2, -0.15) is 0 Å². The van der Waals surface area contributed by atoms with Crippen molar-refractivity contribution in [3.8, 4) is 0 Å². The maximum absolute atomic E-state index is 10.8. The van der Waals surface area contributed by atoms with Crippen LogP contribution in [0, 0.1) is 0 Å². The third-order valence-electron chi connectivity index (χ3n) is 5.30. The number of nitrogens with zero attached hydrogens (tertiary/aromatic N) is 2. The molecule has 0 saturated carbocycles. The minimum absolute atomic E-state index is 0.0440. The van der Waals surface area contributed by atoms with E-state index in [0.29, 0.717) is 18.1 Å². The lowest BCUT2D eigenvalue weighted by Crippen LogP contribution is -2.38. The van der Waals surface area contributed by atoms with Crippen LogP contribution in [0.15, 0.2) is 60.8 Å². The van der Waals surface area contributed by atoms with Gasteiger partial charge in [0, 0.05) is 35.6 Å². The summed E-state index contributed by atoms with van der Waals surface area (Å²) in [6.45, 7) is 1.27. The zero-order valence-corrected chi connectivity index (χ0v) is 15.0. The number of aliphatic hydroxyl groups excluding tert-OH is 2. The summed E-state index contributed by atoms with van der Waals surface area (Å²) in [4.78, 5) is 6.57. The van der Waals surface area contributed by atoms with E-state index in [-0.39, 0.29) is 18.6 Å². The molecule has 0 bridgehead atoms. The average Bonchev–Trinajstić information content (AvgIpc) is 2.98. The van der Waals surface area contributed by atoms with E-state index in [4.69, 9.17) is 11.6 Å². The summed E-state index contributed by atoms with van der Waals surface area (Å²) < 4.78 is 0. The molecular weight excluding hydrogens is 348 g/mol. The number of para-hydroxylation sites is 1. The second kappa shape index (κ2) is 7.33. The molecule has 0 aliphatic carbocycles. The first-order chi connectivity index (χ1) is 12.7. The maximum atomic E-state index is 10.8. The molecule has 4 nitrogen and oxygen atoms in total. The van der Waals surface area contributed by atoms with Crippen LogP contribution in [0.25, 0.3) is 10.9 Å². The number of rotatable bonds is 4. The van der Waals surface area contributed by atoms with Gasteiger partial charge in [0.1, 0.15) is 0 Å². The van der Waals surface area contributed by atoms with E-state index in [0.717, 1.165) is 22.0 Å². The monoisotopic (exact) mass is 368 g/mol.